The molecule has 1 saturated heterocycles. The maximum Gasteiger partial charge on any atom is 0.218 e. The molecule has 88 valence electrons. The van der Waals surface area contributed by atoms with E-state index in [0.29, 0.717) is 18.5 Å². The third-order valence-electron chi connectivity index (χ3n) is 2.63. The number of hydrogen-bond donors (Lipinski definition) is 2. The molecule has 1 aliphatic heterocycles. The van der Waals surface area contributed by atoms with Crippen LogP contribution in [0.25, 0.3) is 0 Å². The minimum Gasteiger partial charge on any atom is -0.478 e. The quantitative estimate of drug-likeness (QED) is 0.797. The second-order valence-electron chi connectivity index (χ2n) is 3.84. The van der Waals surface area contributed by atoms with Crippen molar-refractivity contribution in [2.24, 2.45) is 0 Å². The first-order valence-corrected chi connectivity index (χ1v) is 5.80. The third kappa shape index (κ3) is 3.06. The Morgan fingerprint density at radius 1 is 1.44 bits per heavy atom. The standard InChI is InChI=1S/C11H18N4O/c1-2-16-11-7-10(13-8-14-11)15-9-3-5-12-6-4-9/h7-9,12H,2-6H2,1H3,(H,13,14,15). The van der Waals surface area contributed by atoms with Crippen molar-refractivity contribution in [3.63, 3.8) is 0 Å². The van der Waals surface area contributed by atoms with Crippen LogP contribution in [0.5, 0.6) is 5.88 Å². The van der Waals surface area contributed by atoms with Crippen LogP contribution in [0, 0.1) is 0 Å². The minimum atomic E-state index is 0.505. The fourth-order valence-electron chi connectivity index (χ4n) is 1.82. The summed E-state index contributed by atoms with van der Waals surface area (Å²) in [5.41, 5.74) is 0. The third-order valence-corrected chi connectivity index (χ3v) is 2.63. The van der Waals surface area contributed by atoms with Crippen LogP contribution < -0.4 is 15.4 Å². The van der Waals surface area contributed by atoms with Crippen LogP contribution in [0.4, 0.5) is 5.82 Å². The van der Waals surface area contributed by atoms with Gasteiger partial charge >= 0.3 is 0 Å². The van der Waals surface area contributed by atoms with Gasteiger partial charge in [-0.25, -0.2) is 9.97 Å². The molecular formula is C11H18N4O. The monoisotopic (exact) mass is 222 g/mol. The highest BCUT2D eigenvalue weighted by Gasteiger charge is 2.13. The Morgan fingerprint density at radius 3 is 3.00 bits per heavy atom. The summed E-state index contributed by atoms with van der Waals surface area (Å²) in [6, 6.07) is 2.36. The summed E-state index contributed by atoms with van der Waals surface area (Å²) in [6.45, 7) is 4.72. The van der Waals surface area contributed by atoms with Gasteiger partial charge in [0.1, 0.15) is 12.1 Å². The molecule has 0 aromatic carbocycles. The lowest BCUT2D eigenvalue weighted by Crippen LogP contribution is -2.35. The topological polar surface area (TPSA) is 59.1 Å². The van der Waals surface area contributed by atoms with Gasteiger partial charge < -0.3 is 15.4 Å². The molecular weight excluding hydrogens is 204 g/mol. The number of nitrogens with one attached hydrogen (secondary N) is 2. The highest BCUT2D eigenvalue weighted by Crippen LogP contribution is 2.14. The first kappa shape index (κ1) is 11.1. The van der Waals surface area contributed by atoms with E-state index >= 15 is 0 Å². The summed E-state index contributed by atoms with van der Waals surface area (Å²) in [5, 5.41) is 6.74. The van der Waals surface area contributed by atoms with Crippen LogP contribution in [-0.2, 0) is 0 Å². The molecule has 0 aliphatic carbocycles. The Morgan fingerprint density at radius 2 is 2.25 bits per heavy atom. The SMILES string of the molecule is CCOc1cc(NC2CCNCC2)ncn1. The fraction of sp³-hybridized carbons (Fsp3) is 0.636. The Kier molecular flexibility index (Phi) is 3.93. The average molecular weight is 222 g/mol. The van der Waals surface area contributed by atoms with Crippen molar-refractivity contribution in [1.82, 2.24) is 15.3 Å². The van der Waals surface area contributed by atoms with Gasteiger partial charge in [0, 0.05) is 12.1 Å². The van der Waals surface area contributed by atoms with Gasteiger partial charge in [0.15, 0.2) is 0 Å². The molecule has 0 atom stereocenters. The Balaban J connectivity index is 1.94. The molecule has 0 bridgehead atoms. The predicted octanol–water partition coefficient (Wildman–Crippen LogP) is 1.04. The molecule has 5 heteroatoms. The summed E-state index contributed by atoms with van der Waals surface area (Å²) >= 11 is 0. The Hall–Kier alpha value is -1.36. The van der Waals surface area contributed by atoms with Gasteiger partial charge in [0.2, 0.25) is 5.88 Å². The Bertz CT molecular complexity index is 326. The second kappa shape index (κ2) is 5.65. The van der Waals surface area contributed by atoms with Gasteiger partial charge in [-0.05, 0) is 32.9 Å². The highest BCUT2D eigenvalue weighted by molar-refractivity contribution is 5.38. The maximum absolute atomic E-state index is 5.33. The van der Waals surface area contributed by atoms with Crippen molar-refractivity contribution < 1.29 is 4.74 Å². The molecule has 1 aromatic rings. The van der Waals surface area contributed by atoms with Crippen molar-refractivity contribution in [3.8, 4) is 5.88 Å². The number of nitrogens with zero attached hydrogens (tertiary/aromatic N) is 2. The van der Waals surface area contributed by atoms with E-state index in [-0.39, 0.29) is 0 Å². The van der Waals surface area contributed by atoms with Crippen LogP contribution in [-0.4, -0.2) is 35.7 Å². The molecule has 2 heterocycles. The van der Waals surface area contributed by atoms with Crippen molar-refractivity contribution in [1.29, 1.82) is 0 Å². The highest BCUT2D eigenvalue weighted by atomic mass is 16.5. The first-order chi connectivity index (χ1) is 7.88. The van der Waals surface area contributed by atoms with E-state index in [1.54, 1.807) is 0 Å². The van der Waals surface area contributed by atoms with E-state index in [1.807, 2.05) is 13.0 Å². The smallest absolute Gasteiger partial charge is 0.218 e. The molecule has 2 N–H and O–H groups in total. The normalized spacial score (nSPS) is 17.1. The molecule has 0 amide bonds. The lowest BCUT2D eigenvalue weighted by Gasteiger charge is -2.24. The number of ether oxygens (including phenoxy) is 1. The van der Waals surface area contributed by atoms with E-state index in [1.165, 1.54) is 6.33 Å². The molecule has 1 fully saturated rings. The van der Waals surface area contributed by atoms with E-state index in [2.05, 4.69) is 20.6 Å². The molecule has 0 saturated carbocycles. The molecule has 5 nitrogen and oxygen atoms in total. The van der Waals surface area contributed by atoms with Crippen molar-refractivity contribution in [2.75, 3.05) is 25.0 Å². The summed E-state index contributed by atoms with van der Waals surface area (Å²) in [6.07, 6.45) is 3.80. The molecule has 1 aromatic heterocycles. The zero-order chi connectivity index (χ0) is 11.2. The summed E-state index contributed by atoms with van der Waals surface area (Å²) < 4.78 is 5.33. The molecule has 0 radical (unpaired) electrons. The minimum absolute atomic E-state index is 0.505. The first-order valence-electron chi connectivity index (χ1n) is 5.80. The fourth-order valence-corrected chi connectivity index (χ4v) is 1.82. The van der Waals surface area contributed by atoms with E-state index in [9.17, 15) is 0 Å². The molecule has 1 aliphatic rings. The van der Waals surface area contributed by atoms with Gasteiger partial charge in [-0.15, -0.1) is 0 Å². The molecule has 0 unspecified atom stereocenters. The zero-order valence-electron chi connectivity index (χ0n) is 9.57. The average Bonchev–Trinajstić information content (AvgIpc) is 2.31. The van der Waals surface area contributed by atoms with Gasteiger partial charge in [-0.3, -0.25) is 0 Å². The van der Waals surface area contributed by atoms with Crippen LogP contribution in [0.15, 0.2) is 12.4 Å². The number of aromatic nitrogens is 2. The van der Waals surface area contributed by atoms with Gasteiger partial charge in [-0.2, -0.15) is 0 Å². The predicted molar refractivity (Wildman–Crippen MR) is 62.7 cm³/mol. The lowest BCUT2D eigenvalue weighted by atomic mass is 10.1. The van der Waals surface area contributed by atoms with E-state index in [4.69, 9.17) is 4.74 Å². The molecule has 2 rings (SSSR count). The summed E-state index contributed by atoms with van der Waals surface area (Å²) in [5.74, 6) is 1.49. The lowest BCUT2D eigenvalue weighted by molar-refractivity contribution is 0.326. The van der Waals surface area contributed by atoms with Crippen LogP contribution in [0.2, 0.25) is 0 Å². The number of anilines is 1. The van der Waals surface area contributed by atoms with Crippen molar-refractivity contribution in [3.05, 3.63) is 12.4 Å². The largest absolute Gasteiger partial charge is 0.478 e. The Labute approximate surface area is 95.6 Å². The van der Waals surface area contributed by atoms with E-state index in [0.717, 1.165) is 31.7 Å². The van der Waals surface area contributed by atoms with E-state index < -0.39 is 0 Å². The number of piperidine rings is 1. The van der Waals surface area contributed by atoms with Gasteiger partial charge in [-0.1, -0.05) is 0 Å². The van der Waals surface area contributed by atoms with Crippen LogP contribution in [0.1, 0.15) is 19.8 Å². The van der Waals surface area contributed by atoms with Gasteiger partial charge in [0.05, 0.1) is 6.61 Å². The zero-order valence-corrected chi connectivity index (χ0v) is 9.57. The maximum atomic E-state index is 5.33. The second-order valence-corrected chi connectivity index (χ2v) is 3.84. The van der Waals surface area contributed by atoms with Crippen LogP contribution in [0.3, 0.4) is 0 Å². The van der Waals surface area contributed by atoms with Crippen molar-refractivity contribution >= 4 is 5.82 Å². The summed E-state index contributed by atoms with van der Waals surface area (Å²) in [7, 11) is 0. The van der Waals surface area contributed by atoms with Crippen LogP contribution >= 0.6 is 0 Å². The summed E-state index contributed by atoms with van der Waals surface area (Å²) in [4.78, 5) is 8.23. The van der Waals surface area contributed by atoms with Gasteiger partial charge in [0.25, 0.3) is 0 Å². The van der Waals surface area contributed by atoms with Crippen molar-refractivity contribution in [2.45, 2.75) is 25.8 Å². The number of hydrogen-bond acceptors (Lipinski definition) is 5. The molecule has 16 heavy (non-hydrogen) atoms. The molecule has 0 spiro atoms. The number of rotatable bonds is 4.